The lowest BCUT2D eigenvalue weighted by molar-refractivity contribution is -0.140. The van der Waals surface area contributed by atoms with E-state index in [2.05, 4.69) is 10.3 Å². The van der Waals surface area contributed by atoms with Gasteiger partial charge in [0.25, 0.3) is 11.8 Å². The van der Waals surface area contributed by atoms with Crippen molar-refractivity contribution in [2.75, 3.05) is 5.32 Å². The molecule has 1 N–H and O–H groups in total. The highest BCUT2D eigenvalue weighted by atomic mass is 32.1. The van der Waals surface area contributed by atoms with Gasteiger partial charge in [-0.1, -0.05) is 48.5 Å². The molecule has 0 bridgehead atoms. The van der Waals surface area contributed by atoms with Gasteiger partial charge in [0, 0.05) is 17.5 Å². The van der Waals surface area contributed by atoms with Gasteiger partial charge in [-0.15, -0.1) is 11.3 Å². The molecule has 0 radical (unpaired) electrons. The number of hydrogen-bond donors (Lipinski definition) is 1. The molecule has 9 heteroatoms. The van der Waals surface area contributed by atoms with Gasteiger partial charge in [-0.25, -0.2) is 4.98 Å². The second-order valence-corrected chi connectivity index (χ2v) is 7.29. The van der Waals surface area contributed by atoms with Crippen molar-refractivity contribution in [1.29, 1.82) is 0 Å². The molecule has 1 unspecified atom stereocenters. The van der Waals surface area contributed by atoms with Gasteiger partial charge in [-0.05, 0) is 17.2 Å². The number of fused-ring (bicyclic) bond motifs is 1. The molecule has 4 rings (SSSR count). The zero-order valence-electron chi connectivity index (χ0n) is 14.8. The van der Waals surface area contributed by atoms with Gasteiger partial charge >= 0.3 is 6.18 Å². The summed E-state index contributed by atoms with van der Waals surface area (Å²) in [5.74, 6) is -0.930. The highest BCUT2D eigenvalue weighted by molar-refractivity contribution is 7.13. The van der Waals surface area contributed by atoms with Crippen LogP contribution in [0.1, 0.15) is 33.2 Å². The number of aromatic nitrogens is 1. The van der Waals surface area contributed by atoms with E-state index in [9.17, 15) is 22.8 Å². The molecular weight excluding hydrogens is 403 g/mol. The highest BCUT2D eigenvalue weighted by Crippen LogP contribution is 2.34. The van der Waals surface area contributed by atoms with Gasteiger partial charge in [0.2, 0.25) is 0 Å². The van der Waals surface area contributed by atoms with E-state index in [1.54, 1.807) is 48.5 Å². The second kappa shape index (κ2) is 7.32. The van der Waals surface area contributed by atoms with E-state index >= 15 is 0 Å². The largest absolute Gasteiger partial charge is 0.434 e. The van der Waals surface area contributed by atoms with Gasteiger partial charge in [0.15, 0.2) is 10.8 Å². The van der Waals surface area contributed by atoms with Gasteiger partial charge in [0.05, 0.1) is 0 Å². The molecule has 0 saturated heterocycles. The minimum absolute atomic E-state index is 0.174. The van der Waals surface area contributed by atoms with Crippen molar-refractivity contribution in [3.05, 3.63) is 82.4 Å². The number of halogens is 3. The molecule has 29 heavy (non-hydrogen) atoms. The molecule has 0 spiro atoms. The monoisotopic (exact) mass is 417 g/mol. The Labute approximate surface area is 167 Å². The van der Waals surface area contributed by atoms with E-state index in [-0.39, 0.29) is 17.6 Å². The Morgan fingerprint density at radius 2 is 1.79 bits per heavy atom. The lowest BCUT2D eigenvalue weighted by Gasteiger charge is -2.27. The Morgan fingerprint density at radius 1 is 1.10 bits per heavy atom. The molecule has 1 aliphatic rings. The average Bonchev–Trinajstić information content (AvgIpc) is 3.29. The van der Waals surface area contributed by atoms with Crippen LogP contribution >= 0.6 is 11.3 Å². The first-order chi connectivity index (χ1) is 13.8. The van der Waals surface area contributed by atoms with Crippen LogP contribution in [0.25, 0.3) is 0 Å². The molecule has 1 atom stereocenters. The molecule has 1 aliphatic heterocycles. The number of alkyl halides is 3. The lowest BCUT2D eigenvalue weighted by Crippen LogP contribution is -2.37. The summed E-state index contributed by atoms with van der Waals surface area (Å²) in [4.78, 5) is 30.8. The quantitative estimate of drug-likeness (QED) is 0.680. The maximum atomic E-state index is 13.0. The number of hydrogen-bond acceptors (Lipinski definition) is 4. The lowest BCUT2D eigenvalue weighted by atomic mass is 10.0. The minimum atomic E-state index is -4.59. The van der Waals surface area contributed by atoms with E-state index < -0.39 is 23.8 Å². The molecule has 2 amide bonds. The predicted molar refractivity (Wildman–Crippen MR) is 101 cm³/mol. The van der Waals surface area contributed by atoms with Crippen LogP contribution in [0.3, 0.4) is 0 Å². The molecule has 1 aromatic heterocycles. The Kier molecular flexibility index (Phi) is 4.83. The summed E-state index contributed by atoms with van der Waals surface area (Å²) in [5, 5.41) is 3.10. The number of rotatable bonds is 4. The maximum Gasteiger partial charge on any atom is 0.434 e. The van der Waals surface area contributed by atoms with Gasteiger partial charge in [-0.3, -0.25) is 14.9 Å². The zero-order chi connectivity index (χ0) is 20.6. The SMILES string of the molecule is O=C(Nc1nc(C(F)(F)F)cs1)C(c1ccccc1)N1Cc2ccccc2C1=O. The van der Waals surface area contributed by atoms with Crippen molar-refractivity contribution in [3.63, 3.8) is 0 Å². The first-order valence-electron chi connectivity index (χ1n) is 8.62. The van der Waals surface area contributed by atoms with Crippen LogP contribution in [-0.4, -0.2) is 21.7 Å². The third kappa shape index (κ3) is 3.73. The molecule has 148 valence electrons. The highest BCUT2D eigenvalue weighted by Gasteiger charge is 2.38. The third-order valence-electron chi connectivity index (χ3n) is 4.55. The van der Waals surface area contributed by atoms with Crippen LogP contribution in [0.4, 0.5) is 18.3 Å². The van der Waals surface area contributed by atoms with E-state index in [4.69, 9.17) is 0 Å². The number of anilines is 1. The zero-order valence-corrected chi connectivity index (χ0v) is 15.6. The number of nitrogens with zero attached hydrogens (tertiary/aromatic N) is 2. The van der Waals surface area contributed by atoms with Crippen LogP contribution in [0.2, 0.25) is 0 Å². The Hall–Kier alpha value is -3.20. The number of thiazole rings is 1. The van der Waals surface area contributed by atoms with Crippen molar-refractivity contribution >= 4 is 28.3 Å². The van der Waals surface area contributed by atoms with Crippen molar-refractivity contribution in [1.82, 2.24) is 9.88 Å². The number of nitrogens with one attached hydrogen (secondary N) is 1. The van der Waals surface area contributed by atoms with Crippen LogP contribution < -0.4 is 5.32 Å². The summed E-state index contributed by atoms with van der Waals surface area (Å²) in [6, 6.07) is 14.7. The van der Waals surface area contributed by atoms with Crippen molar-refractivity contribution in [2.45, 2.75) is 18.8 Å². The van der Waals surface area contributed by atoms with Crippen molar-refractivity contribution in [2.24, 2.45) is 0 Å². The summed E-state index contributed by atoms with van der Waals surface area (Å²) in [5.41, 5.74) is 0.784. The maximum absolute atomic E-state index is 13.0. The fraction of sp³-hybridized carbons (Fsp3) is 0.150. The minimum Gasteiger partial charge on any atom is -0.318 e. The molecule has 0 fully saturated rings. The number of carbonyl (C=O) groups is 2. The number of carbonyl (C=O) groups excluding carboxylic acids is 2. The summed E-state index contributed by atoms with van der Waals surface area (Å²) in [6.07, 6.45) is -4.59. The van der Waals surface area contributed by atoms with E-state index in [1.165, 1.54) is 4.90 Å². The Bertz CT molecular complexity index is 1070. The third-order valence-corrected chi connectivity index (χ3v) is 5.31. The first-order valence-corrected chi connectivity index (χ1v) is 9.50. The molecule has 3 aromatic rings. The van der Waals surface area contributed by atoms with Gasteiger partial charge < -0.3 is 4.90 Å². The van der Waals surface area contributed by atoms with E-state index in [0.717, 1.165) is 10.9 Å². The predicted octanol–water partition coefficient (Wildman–Crippen LogP) is 4.50. The number of amides is 2. The van der Waals surface area contributed by atoms with Gasteiger partial charge in [0.1, 0.15) is 6.04 Å². The molecule has 2 heterocycles. The summed E-state index contributed by atoms with van der Waals surface area (Å²) < 4.78 is 38.4. The average molecular weight is 417 g/mol. The van der Waals surface area contributed by atoms with Crippen LogP contribution in [0, 0.1) is 0 Å². The van der Waals surface area contributed by atoms with Crippen molar-refractivity contribution in [3.8, 4) is 0 Å². The molecular formula is C20H14F3N3O2S. The van der Waals surface area contributed by atoms with Crippen LogP contribution in [0.15, 0.2) is 60.0 Å². The Balaban J connectivity index is 1.65. The summed E-state index contributed by atoms with van der Waals surface area (Å²) in [7, 11) is 0. The molecule has 5 nitrogen and oxygen atoms in total. The van der Waals surface area contributed by atoms with E-state index in [0.29, 0.717) is 22.5 Å². The molecule has 2 aromatic carbocycles. The van der Waals surface area contributed by atoms with Gasteiger partial charge in [-0.2, -0.15) is 13.2 Å². The smallest absolute Gasteiger partial charge is 0.318 e. The standard InChI is InChI=1S/C20H14F3N3O2S/c21-20(22,23)15-11-29-19(24-15)25-17(27)16(12-6-2-1-3-7-12)26-10-13-8-4-5-9-14(13)18(26)28/h1-9,11,16H,10H2,(H,24,25,27). The van der Waals surface area contributed by atoms with E-state index in [1.807, 2.05) is 6.07 Å². The topological polar surface area (TPSA) is 62.3 Å². The number of benzene rings is 2. The molecule has 0 saturated carbocycles. The Morgan fingerprint density at radius 3 is 2.45 bits per heavy atom. The first kappa shape index (κ1) is 19.1. The fourth-order valence-electron chi connectivity index (χ4n) is 3.23. The van der Waals surface area contributed by atoms with Crippen LogP contribution in [0.5, 0.6) is 0 Å². The fourth-order valence-corrected chi connectivity index (χ4v) is 3.95. The molecule has 0 aliphatic carbocycles. The normalized spacial score (nSPS) is 14.6. The van der Waals surface area contributed by atoms with Crippen LogP contribution in [-0.2, 0) is 17.5 Å². The summed E-state index contributed by atoms with van der Waals surface area (Å²) in [6.45, 7) is 0.230. The summed E-state index contributed by atoms with van der Waals surface area (Å²) >= 11 is 0.682. The van der Waals surface area contributed by atoms with Crippen molar-refractivity contribution < 1.29 is 22.8 Å². The second-order valence-electron chi connectivity index (χ2n) is 6.43.